The molecule has 4 atom stereocenters. The van der Waals surface area contributed by atoms with Crippen LogP contribution < -0.4 is 20.3 Å². The fourth-order valence-corrected chi connectivity index (χ4v) is 5.01. The van der Waals surface area contributed by atoms with Crippen molar-refractivity contribution < 1.29 is 42.9 Å². The zero-order valence-electron chi connectivity index (χ0n) is 21.0. The van der Waals surface area contributed by atoms with Gasteiger partial charge in [0.05, 0.1) is 24.8 Å². The minimum absolute atomic E-state index is 0.0340. The van der Waals surface area contributed by atoms with Crippen LogP contribution in [0.3, 0.4) is 0 Å². The van der Waals surface area contributed by atoms with Gasteiger partial charge in [0.1, 0.15) is 17.4 Å². The van der Waals surface area contributed by atoms with Crippen molar-refractivity contribution in [3.8, 4) is 11.5 Å². The summed E-state index contributed by atoms with van der Waals surface area (Å²) in [6.45, 7) is 3.80. The van der Waals surface area contributed by atoms with Crippen molar-refractivity contribution in [3.63, 3.8) is 0 Å². The fourth-order valence-electron chi connectivity index (χ4n) is 4.73. The third-order valence-electron chi connectivity index (χ3n) is 6.72. The highest BCUT2D eigenvalue weighted by Gasteiger charge is 2.60. The number of allylic oxidation sites excluding steroid dienone is 1. The van der Waals surface area contributed by atoms with Gasteiger partial charge >= 0.3 is 0 Å². The number of hydrogen-bond donors (Lipinski definition) is 2. The van der Waals surface area contributed by atoms with Crippen LogP contribution in [0.1, 0.15) is 60.2 Å². The number of nitrogens with one attached hydrogen (secondary N) is 2. The molecule has 1 saturated heterocycles. The van der Waals surface area contributed by atoms with Gasteiger partial charge in [-0.05, 0) is 32.3 Å². The van der Waals surface area contributed by atoms with Gasteiger partial charge < -0.3 is 23.7 Å². The lowest BCUT2D eigenvalue weighted by Gasteiger charge is -2.36. The predicted molar refractivity (Wildman–Crippen MR) is 129 cm³/mol. The summed E-state index contributed by atoms with van der Waals surface area (Å²) in [6.07, 6.45) is 2.49. The Balaban J connectivity index is 1.55. The molecule has 1 aromatic rings. The van der Waals surface area contributed by atoms with Gasteiger partial charge in [-0.1, -0.05) is 18.5 Å². The van der Waals surface area contributed by atoms with Crippen molar-refractivity contribution in [3.05, 3.63) is 34.1 Å². The fraction of sp³-hybridized carbons (Fsp3) is 0.520. The van der Waals surface area contributed by atoms with Crippen LogP contribution in [0.25, 0.3) is 0 Å². The Morgan fingerprint density at radius 2 is 1.95 bits per heavy atom. The first-order valence-corrected chi connectivity index (χ1v) is 12.3. The summed E-state index contributed by atoms with van der Waals surface area (Å²) >= 11 is 6.54. The normalized spacial score (nSPS) is 25.6. The summed E-state index contributed by atoms with van der Waals surface area (Å²) < 4.78 is 27.9. The molecule has 0 bridgehead atoms. The second kappa shape index (κ2) is 10.7. The monoisotopic (exact) mass is 536 g/mol. The van der Waals surface area contributed by atoms with Crippen molar-refractivity contribution in [2.75, 3.05) is 20.8 Å². The van der Waals surface area contributed by atoms with E-state index in [4.69, 9.17) is 35.3 Å². The molecule has 4 rings (SSSR count). The largest absolute Gasteiger partial charge is 0.496 e. The number of ether oxygens (including phenoxy) is 5. The summed E-state index contributed by atoms with van der Waals surface area (Å²) in [6, 6.07) is 1.29. The van der Waals surface area contributed by atoms with Crippen LogP contribution >= 0.6 is 11.6 Å². The lowest BCUT2D eigenvalue weighted by molar-refractivity contribution is -0.189. The summed E-state index contributed by atoms with van der Waals surface area (Å²) in [7, 11) is 2.67. The number of hydrogen-bond acceptors (Lipinski definition) is 9. The zero-order valence-corrected chi connectivity index (χ0v) is 21.7. The number of benzene rings is 1. The molecule has 0 radical (unpaired) electrons. The number of hydrazine groups is 1. The molecule has 2 aliphatic heterocycles. The Labute approximate surface area is 218 Å². The van der Waals surface area contributed by atoms with Crippen molar-refractivity contribution in [1.82, 2.24) is 10.9 Å². The molecule has 12 heteroatoms. The molecular formula is C25H29ClN2O9. The molecule has 1 aromatic carbocycles. The number of carbonyl (C=O) groups excluding carboxylic acids is 4. The zero-order chi connectivity index (χ0) is 26.9. The molecule has 2 N–H and O–H groups in total. The first kappa shape index (κ1) is 26.9. The van der Waals surface area contributed by atoms with E-state index >= 15 is 0 Å². The van der Waals surface area contributed by atoms with Crippen LogP contribution in [0.2, 0.25) is 5.02 Å². The second-order valence-corrected chi connectivity index (χ2v) is 9.49. The minimum Gasteiger partial charge on any atom is -0.496 e. The number of rotatable bonds is 6. The van der Waals surface area contributed by atoms with E-state index in [2.05, 4.69) is 10.9 Å². The Kier molecular flexibility index (Phi) is 7.77. The van der Waals surface area contributed by atoms with E-state index in [1.54, 1.807) is 13.8 Å². The highest BCUT2D eigenvalue weighted by Crippen LogP contribution is 2.52. The van der Waals surface area contributed by atoms with Crippen LogP contribution in [0.15, 0.2) is 17.9 Å². The second-order valence-electron chi connectivity index (χ2n) is 9.11. The number of fused-ring (bicyclic) bond motifs is 1. The summed E-state index contributed by atoms with van der Waals surface area (Å²) in [5, 5.41) is -0.160. The molecule has 11 nitrogen and oxygen atoms in total. The van der Waals surface area contributed by atoms with Crippen molar-refractivity contribution in [1.29, 1.82) is 0 Å². The maximum Gasteiger partial charge on any atom is 0.271 e. The quantitative estimate of drug-likeness (QED) is 0.525. The Hall–Kier alpha value is -3.15. The van der Waals surface area contributed by atoms with Crippen molar-refractivity contribution in [2.24, 2.45) is 5.92 Å². The summed E-state index contributed by atoms with van der Waals surface area (Å²) in [5.41, 5.74) is 2.91. The van der Waals surface area contributed by atoms with Crippen LogP contribution in [0, 0.1) is 5.92 Å². The molecule has 1 fully saturated rings. The number of ketones is 2. The molecule has 1 unspecified atom stereocenters. The van der Waals surface area contributed by atoms with E-state index in [0.717, 1.165) is 12.8 Å². The number of halogens is 1. The SMILES string of the molecule is COC1=CC(=O)C[C@@H](C)[C@]12Oc1c(Cl)c(C(=O)NNC(=O)[C@H](C)OC3CCCCO3)cc(OC)c1C2=O. The third kappa shape index (κ3) is 4.78. The highest BCUT2D eigenvalue weighted by molar-refractivity contribution is 6.37. The molecule has 2 amide bonds. The molecule has 1 spiro atoms. The lowest BCUT2D eigenvalue weighted by Crippen LogP contribution is -2.51. The van der Waals surface area contributed by atoms with Gasteiger partial charge in [0.2, 0.25) is 11.4 Å². The first-order chi connectivity index (χ1) is 17.6. The molecule has 37 heavy (non-hydrogen) atoms. The molecule has 0 saturated carbocycles. The van der Waals surface area contributed by atoms with Gasteiger partial charge in [-0.2, -0.15) is 0 Å². The number of amides is 2. The van der Waals surface area contributed by atoms with Crippen LogP contribution in [-0.4, -0.2) is 62.2 Å². The Morgan fingerprint density at radius 1 is 1.19 bits per heavy atom. The van der Waals surface area contributed by atoms with Gasteiger partial charge in [0.25, 0.3) is 11.8 Å². The van der Waals surface area contributed by atoms with E-state index in [1.807, 2.05) is 0 Å². The van der Waals surface area contributed by atoms with Gasteiger partial charge in [-0.25, -0.2) is 0 Å². The molecule has 2 heterocycles. The van der Waals surface area contributed by atoms with E-state index in [1.165, 1.54) is 26.4 Å². The van der Waals surface area contributed by atoms with E-state index in [-0.39, 0.29) is 45.6 Å². The van der Waals surface area contributed by atoms with Crippen molar-refractivity contribution in [2.45, 2.75) is 57.5 Å². The van der Waals surface area contributed by atoms with E-state index in [9.17, 15) is 19.2 Å². The third-order valence-corrected chi connectivity index (χ3v) is 7.09. The van der Waals surface area contributed by atoms with E-state index in [0.29, 0.717) is 13.0 Å². The standard InChI is InChI=1S/C25H29ClN2O9/c1-12-9-14(29)10-17(34-4)25(12)22(30)19-16(33-3)11-15(20(26)21(19)37-25)24(32)28-27-23(31)13(2)36-18-7-5-6-8-35-18/h10-13,18H,5-9H2,1-4H3,(H,27,31)(H,28,32)/t12-,13+,18?,25+/m1/s1. The Bertz CT molecular complexity index is 1160. The maximum atomic E-state index is 13.6. The smallest absolute Gasteiger partial charge is 0.271 e. The van der Waals surface area contributed by atoms with Gasteiger partial charge in [0, 0.05) is 25.0 Å². The maximum absolute atomic E-state index is 13.6. The van der Waals surface area contributed by atoms with Crippen LogP contribution in [-0.2, 0) is 23.8 Å². The average Bonchev–Trinajstić information content (AvgIpc) is 3.20. The van der Waals surface area contributed by atoms with Gasteiger partial charge in [0.15, 0.2) is 23.6 Å². The number of Topliss-reactive ketones (excluding diaryl/α,β-unsaturated/α-hetero) is 1. The lowest BCUT2D eigenvalue weighted by atomic mass is 9.75. The van der Waals surface area contributed by atoms with Crippen molar-refractivity contribution >= 4 is 35.0 Å². The molecule has 3 aliphatic rings. The first-order valence-electron chi connectivity index (χ1n) is 11.9. The van der Waals surface area contributed by atoms with Gasteiger partial charge in [-0.15, -0.1) is 0 Å². The molecule has 1 aliphatic carbocycles. The topological polar surface area (TPSA) is 138 Å². The molecule has 200 valence electrons. The molecule has 0 aromatic heterocycles. The molecular weight excluding hydrogens is 508 g/mol. The Morgan fingerprint density at radius 3 is 2.59 bits per heavy atom. The average molecular weight is 537 g/mol. The van der Waals surface area contributed by atoms with Crippen LogP contribution in [0.4, 0.5) is 0 Å². The highest BCUT2D eigenvalue weighted by atomic mass is 35.5. The van der Waals surface area contributed by atoms with E-state index < -0.39 is 41.5 Å². The predicted octanol–water partition coefficient (Wildman–Crippen LogP) is 2.49. The number of carbonyl (C=O) groups is 4. The van der Waals surface area contributed by atoms with Crippen LogP contribution in [0.5, 0.6) is 11.5 Å². The summed E-state index contributed by atoms with van der Waals surface area (Å²) in [5.74, 6) is -2.62. The summed E-state index contributed by atoms with van der Waals surface area (Å²) in [4.78, 5) is 51.2. The minimum atomic E-state index is -1.63. The van der Waals surface area contributed by atoms with Gasteiger partial charge in [-0.3, -0.25) is 30.0 Å². The number of methoxy groups -OCH3 is 2.